The predicted octanol–water partition coefficient (Wildman–Crippen LogP) is 4.02. The number of nitrogens with one attached hydrogen (secondary N) is 1. The first-order valence-corrected chi connectivity index (χ1v) is 7.15. The number of hydrogen-bond acceptors (Lipinski definition) is 2. The summed E-state index contributed by atoms with van der Waals surface area (Å²) >= 11 is 0. The first kappa shape index (κ1) is 13.4. The lowest BCUT2D eigenvalue weighted by Gasteiger charge is -2.31. The molecule has 18 heavy (non-hydrogen) atoms. The Morgan fingerprint density at radius 3 is 2.72 bits per heavy atom. The topological polar surface area (TPSA) is 21.3 Å². The van der Waals surface area contributed by atoms with E-state index in [1.807, 2.05) is 0 Å². The van der Waals surface area contributed by atoms with Crippen LogP contribution in [0.1, 0.15) is 63.6 Å². The third kappa shape index (κ3) is 2.86. The van der Waals surface area contributed by atoms with Crippen molar-refractivity contribution in [3.63, 3.8) is 0 Å². The van der Waals surface area contributed by atoms with E-state index in [0.29, 0.717) is 12.0 Å². The van der Waals surface area contributed by atoms with Gasteiger partial charge in [-0.1, -0.05) is 19.9 Å². The van der Waals surface area contributed by atoms with Crippen molar-refractivity contribution >= 4 is 0 Å². The molecule has 0 aliphatic heterocycles. The zero-order chi connectivity index (χ0) is 13.1. The summed E-state index contributed by atoms with van der Waals surface area (Å²) in [5, 5.41) is 3.59. The number of hydrogen-bond donors (Lipinski definition) is 1. The summed E-state index contributed by atoms with van der Waals surface area (Å²) in [6.07, 6.45) is 2.74. The molecule has 2 atom stereocenters. The molecule has 2 rings (SSSR count). The van der Waals surface area contributed by atoms with E-state index in [0.717, 1.165) is 12.3 Å². The van der Waals surface area contributed by atoms with Crippen LogP contribution in [0.15, 0.2) is 18.2 Å². The molecule has 0 bridgehead atoms. The first-order valence-electron chi connectivity index (χ1n) is 7.15. The van der Waals surface area contributed by atoms with E-state index in [-0.39, 0.29) is 6.10 Å². The summed E-state index contributed by atoms with van der Waals surface area (Å²) in [6.45, 7) is 9.66. The van der Waals surface area contributed by atoms with Gasteiger partial charge in [-0.25, -0.2) is 0 Å². The molecule has 1 aromatic carbocycles. The quantitative estimate of drug-likeness (QED) is 0.867. The lowest BCUT2D eigenvalue weighted by molar-refractivity contribution is 0.241. The van der Waals surface area contributed by atoms with Gasteiger partial charge < -0.3 is 10.1 Å². The van der Waals surface area contributed by atoms with Crippen LogP contribution in [0.25, 0.3) is 0 Å². The molecule has 0 spiro atoms. The van der Waals surface area contributed by atoms with Gasteiger partial charge in [-0.3, -0.25) is 0 Å². The Labute approximate surface area is 111 Å². The maximum absolute atomic E-state index is 5.81. The van der Waals surface area contributed by atoms with Gasteiger partial charge >= 0.3 is 0 Å². The molecule has 0 saturated carbocycles. The smallest absolute Gasteiger partial charge is 0.120 e. The summed E-state index contributed by atoms with van der Waals surface area (Å²) in [5.74, 6) is 1.67. The second kappa shape index (κ2) is 5.75. The summed E-state index contributed by atoms with van der Waals surface area (Å²) in [5.41, 5.74) is 2.93. The molecule has 0 saturated heterocycles. The van der Waals surface area contributed by atoms with E-state index >= 15 is 0 Å². The molecule has 2 heteroatoms. The van der Waals surface area contributed by atoms with Crippen LogP contribution in [-0.4, -0.2) is 12.6 Å². The fourth-order valence-corrected chi connectivity index (χ4v) is 2.83. The van der Waals surface area contributed by atoms with Gasteiger partial charge in [0, 0.05) is 6.04 Å². The van der Waals surface area contributed by atoms with E-state index in [9.17, 15) is 0 Å². The summed E-state index contributed by atoms with van der Waals surface area (Å²) in [4.78, 5) is 0. The van der Waals surface area contributed by atoms with Gasteiger partial charge in [0.1, 0.15) is 5.75 Å². The number of ether oxygens (including phenoxy) is 1. The highest BCUT2D eigenvalue weighted by Crippen LogP contribution is 2.38. The maximum atomic E-state index is 5.81. The molecule has 0 radical (unpaired) electrons. The zero-order valence-electron chi connectivity index (χ0n) is 12.0. The monoisotopic (exact) mass is 247 g/mol. The minimum atomic E-state index is 0.238. The van der Waals surface area contributed by atoms with Crippen molar-refractivity contribution < 1.29 is 4.74 Å². The maximum Gasteiger partial charge on any atom is 0.120 e. The van der Waals surface area contributed by atoms with Crippen LogP contribution < -0.4 is 10.1 Å². The Morgan fingerprint density at radius 2 is 2.06 bits per heavy atom. The second-order valence-corrected chi connectivity index (χ2v) is 5.55. The molecule has 2 unspecified atom stereocenters. The van der Waals surface area contributed by atoms with E-state index < -0.39 is 0 Å². The SMILES string of the molecule is CCNC1CCC(C)c2ccc(OC(C)C)cc21. The van der Waals surface area contributed by atoms with E-state index in [2.05, 4.69) is 51.2 Å². The highest BCUT2D eigenvalue weighted by molar-refractivity contribution is 5.41. The number of fused-ring (bicyclic) bond motifs is 1. The van der Waals surface area contributed by atoms with Crippen LogP contribution in [0.2, 0.25) is 0 Å². The van der Waals surface area contributed by atoms with Gasteiger partial charge in [-0.15, -0.1) is 0 Å². The molecule has 1 aromatic rings. The Hall–Kier alpha value is -1.02. The third-order valence-electron chi connectivity index (χ3n) is 3.68. The molecule has 100 valence electrons. The molecule has 1 aliphatic rings. The Bertz CT molecular complexity index is 400. The van der Waals surface area contributed by atoms with Crippen LogP contribution in [-0.2, 0) is 0 Å². The van der Waals surface area contributed by atoms with Crippen molar-refractivity contribution in [2.24, 2.45) is 0 Å². The first-order chi connectivity index (χ1) is 8.61. The molecule has 0 fully saturated rings. The molecular formula is C16H25NO. The fourth-order valence-electron chi connectivity index (χ4n) is 2.83. The van der Waals surface area contributed by atoms with Crippen molar-refractivity contribution in [1.29, 1.82) is 0 Å². The molecule has 1 aliphatic carbocycles. The molecular weight excluding hydrogens is 222 g/mol. The normalized spacial score (nSPS) is 22.9. The lowest BCUT2D eigenvalue weighted by Crippen LogP contribution is -2.26. The van der Waals surface area contributed by atoms with Crippen molar-refractivity contribution in [1.82, 2.24) is 5.32 Å². The average Bonchev–Trinajstić information content (AvgIpc) is 2.32. The van der Waals surface area contributed by atoms with E-state index in [4.69, 9.17) is 4.74 Å². The molecule has 2 nitrogen and oxygen atoms in total. The Morgan fingerprint density at radius 1 is 1.28 bits per heavy atom. The van der Waals surface area contributed by atoms with Crippen molar-refractivity contribution in [2.75, 3.05) is 6.54 Å². The fraction of sp³-hybridized carbons (Fsp3) is 0.625. The third-order valence-corrected chi connectivity index (χ3v) is 3.68. The van der Waals surface area contributed by atoms with Gasteiger partial charge in [0.2, 0.25) is 0 Å². The van der Waals surface area contributed by atoms with Gasteiger partial charge in [0.15, 0.2) is 0 Å². The van der Waals surface area contributed by atoms with Crippen molar-refractivity contribution in [3.8, 4) is 5.75 Å². The standard InChI is InChI=1S/C16H25NO/c1-5-17-16-9-6-12(4)14-8-7-13(10-15(14)16)18-11(2)3/h7-8,10-12,16-17H,5-6,9H2,1-4H3. The highest BCUT2D eigenvalue weighted by atomic mass is 16.5. The minimum Gasteiger partial charge on any atom is -0.491 e. The Balaban J connectivity index is 2.30. The molecule has 0 amide bonds. The van der Waals surface area contributed by atoms with Crippen molar-refractivity contribution in [2.45, 2.75) is 58.6 Å². The number of benzene rings is 1. The van der Waals surface area contributed by atoms with Crippen LogP contribution >= 0.6 is 0 Å². The summed E-state index contributed by atoms with van der Waals surface area (Å²) in [6, 6.07) is 7.10. The lowest BCUT2D eigenvalue weighted by atomic mass is 9.81. The molecule has 0 aromatic heterocycles. The van der Waals surface area contributed by atoms with E-state index in [1.54, 1.807) is 0 Å². The van der Waals surface area contributed by atoms with Crippen LogP contribution in [0.5, 0.6) is 5.75 Å². The molecule has 1 N–H and O–H groups in total. The van der Waals surface area contributed by atoms with Gasteiger partial charge in [-0.05, 0) is 62.4 Å². The highest BCUT2D eigenvalue weighted by Gasteiger charge is 2.24. The van der Waals surface area contributed by atoms with Gasteiger partial charge in [0.25, 0.3) is 0 Å². The van der Waals surface area contributed by atoms with E-state index in [1.165, 1.54) is 24.0 Å². The number of rotatable bonds is 4. The predicted molar refractivity (Wildman–Crippen MR) is 76.3 cm³/mol. The average molecular weight is 247 g/mol. The second-order valence-electron chi connectivity index (χ2n) is 5.55. The Kier molecular flexibility index (Phi) is 4.28. The van der Waals surface area contributed by atoms with Crippen LogP contribution in [0.4, 0.5) is 0 Å². The molecule has 0 heterocycles. The van der Waals surface area contributed by atoms with Crippen molar-refractivity contribution in [3.05, 3.63) is 29.3 Å². The van der Waals surface area contributed by atoms with Gasteiger partial charge in [-0.2, -0.15) is 0 Å². The largest absolute Gasteiger partial charge is 0.491 e. The van der Waals surface area contributed by atoms with Crippen LogP contribution in [0.3, 0.4) is 0 Å². The zero-order valence-corrected chi connectivity index (χ0v) is 12.0. The summed E-state index contributed by atoms with van der Waals surface area (Å²) < 4.78 is 5.81. The minimum absolute atomic E-state index is 0.238. The van der Waals surface area contributed by atoms with Gasteiger partial charge in [0.05, 0.1) is 6.10 Å². The summed E-state index contributed by atoms with van der Waals surface area (Å²) in [7, 11) is 0. The van der Waals surface area contributed by atoms with Crippen LogP contribution in [0, 0.1) is 0 Å².